The van der Waals surface area contributed by atoms with Crippen LogP contribution in [0.2, 0.25) is 0 Å². The second-order valence-electron chi connectivity index (χ2n) is 8.57. The normalized spacial score (nSPS) is 16.9. The van der Waals surface area contributed by atoms with Gasteiger partial charge in [-0.1, -0.05) is 39.0 Å². The highest BCUT2D eigenvalue weighted by molar-refractivity contribution is 7.93. The summed E-state index contributed by atoms with van der Waals surface area (Å²) >= 11 is 1.20. The van der Waals surface area contributed by atoms with Gasteiger partial charge in [0.1, 0.15) is 5.75 Å². The van der Waals surface area contributed by atoms with E-state index in [1.165, 1.54) is 29.7 Å². The maximum Gasteiger partial charge on any atom is 0.268 e. The molecule has 0 saturated carbocycles. The number of anilines is 2. The van der Waals surface area contributed by atoms with Gasteiger partial charge in [-0.3, -0.25) is 9.52 Å². The molecule has 1 aliphatic heterocycles. The first-order valence-corrected chi connectivity index (χ1v) is 12.6. The molecular formula is C23H27N3O4S2. The molecule has 9 heteroatoms. The van der Waals surface area contributed by atoms with Gasteiger partial charge in [0, 0.05) is 31.7 Å². The van der Waals surface area contributed by atoms with Crippen LogP contribution in [0.1, 0.15) is 34.2 Å². The minimum Gasteiger partial charge on any atom is -0.480 e. The van der Waals surface area contributed by atoms with Crippen molar-refractivity contribution in [2.75, 3.05) is 16.2 Å². The maximum atomic E-state index is 13.0. The number of amides is 1. The zero-order valence-corrected chi connectivity index (χ0v) is 19.7. The second kappa shape index (κ2) is 8.55. The minimum absolute atomic E-state index is 0. The van der Waals surface area contributed by atoms with E-state index < -0.39 is 16.1 Å². The molecule has 2 heterocycles. The van der Waals surface area contributed by atoms with Crippen molar-refractivity contribution in [1.29, 1.82) is 0 Å². The zero-order valence-electron chi connectivity index (χ0n) is 18.1. The minimum atomic E-state index is -3.74. The Morgan fingerprint density at radius 1 is 1.16 bits per heavy atom. The van der Waals surface area contributed by atoms with Crippen LogP contribution in [0.5, 0.6) is 5.75 Å². The van der Waals surface area contributed by atoms with Crippen LogP contribution in [0.4, 0.5) is 10.8 Å². The largest absolute Gasteiger partial charge is 0.480 e. The van der Waals surface area contributed by atoms with Crippen LogP contribution in [-0.2, 0) is 20.2 Å². The number of hydrogen-bond acceptors (Lipinski definition) is 6. The Labute approximate surface area is 193 Å². The molecule has 0 spiro atoms. The summed E-state index contributed by atoms with van der Waals surface area (Å²) in [5, 5.41) is 2.00. The summed E-state index contributed by atoms with van der Waals surface area (Å²) in [6.07, 6.45) is 1.51. The van der Waals surface area contributed by atoms with Crippen LogP contribution >= 0.6 is 11.3 Å². The van der Waals surface area contributed by atoms with Crippen molar-refractivity contribution in [3.8, 4) is 5.75 Å². The lowest BCUT2D eigenvalue weighted by atomic mass is 9.86. The van der Waals surface area contributed by atoms with Gasteiger partial charge < -0.3 is 9.64 Å². The lowest BCUT2D eigenvalue weighted by molar-refractivity contribution is -0.122. The fourth-order valence-corrected chi connectivity index (χ4v) is 5.40. The molecule has 1 fully saturated rings. The van der Waals surface area contributed by atoms with E-state index in [0.717, 1.165) is 11.3 Å². The number of aromatic nitrogens is 1. The summed E-state index contributed by atoms with van der Waals surface area (Å²) in [4.78, 5) is 18.7. The molecule has 0 radical (unpaired) electrons. The van der Waals surface area contributed by atoms with Crippen molar-refractivity contribution in [3.05, 3.63) is 65.7 Å². The van der Waals surface area contributed by atoms with Crippen molar-refractivity contribution >= 4 is 38.1 Å². The van der Waals surface area contributed by atoms with Gasteiger partial charge in [-0.2, -0.15) is 0 Å². The number of nitrogens with one attached hydrogen (secondary N) is 1. The number of thiazole rings is 1. The summed E-state index contributed by atoms with van der Waals surface area (Å²) in [5.74, 6) is 0.583. The fourth-order valence-electron chi connectivity index (χ4n) is 3.61. The molecule has 1 atom stereocenters. The average molecular weight is 474 g/mol. The third-order valence-electron chi connectivity index (χ3n) is 5.23. The zero-order chi connectivity index (χ0) is 22.9. The molecule has 1 aromatic heterocycles. The predicted molar refractivity (Wildman–Crippen MR) is 128 cm³/mol. The molecule has 2 aromatic carbocycles. The Bertz CT molecular complexity index is 1210. The van der Waals surface area contributed by atoms with Crippen molar-refractivity contribution < 1.29 is 19.4 Å². The van der Waals surface area contributed by atoms with Gasteiger partial charge in [0.2, 0.25) is 0 Å². The Morgan fingerprint density at radius 3 is 2.53 bits per heavy atom. The second-order valence-corrected chi connectivity index (χ2v) is 11.1. The third-order valence-corrected chi connectivity index (χ3v) is 7.41. The first-order chi connectivity index (χ1) is 15.1. The molecular weight excluding hydrogens is 446 g/mol. The SMILES string of the molecule is CC(C)(C)c1ccccc1OC1CCN(c2ccc(S(=O)(=O)Nc3nccs3)cc2)C1=O.[HH]. The summed E-state index contributed by atoms with van der Waals surface area (Å²) < 4.78 is 33.6. The van der Waals surface area contributed by atoms with Crippen LogP contribution in [0.3, 0.4) is 0 Å². The molecule has 1 N–H and O–H groups in total. The number of carbonyl (C=O) groups excluding carboxylic acids is 1. The molecule has 1 saturated heterocycles. The van der Waals surface area contributed by atoms with Crippen molar-refractivity contribution in [2.45, 2.75) is 43.6 Å². The Kier molecular flexibility index (Phi) is 5.96. The van der Waals surface area contributed by atoms with Gasteiger partial charge in [0.05, 0.1) is 4.90 Å². The van der Waals surface area contributed by atoms with E-state index in [9.17, 15) is 13.2 Å². The van der Waals surface area contributed by atoms with Gasteiger partial charge in [-0.25, -0.2) is 13.4 Å². The van der Waals surface area contributed by atoms with E-state index in [1.807, 2.05) is 24.3 Å². The van der Waals surface area contributed by atoms with Gasteiger partial charge >= 0.3 is 0 Å². The molecule has 1 aliphatic rings. The molecule has 3 aromatic rings. The number of rotatable bonds is 6. The Hall–Kier alpha value is -2.91. The molecule has 1 unspecified atom stereocenters. The van der Waals surface area contributed by atoms with Crippen LogP contribution in [0.25, 0.3) is 0 Å². The highest BCUT2D eigenvalue weighted by atomic mass is 32.2. The number of carbonyl (C=O) groups is 1. The molecule has 170 valence electrons. The number of sulfonamides is 1. The number of hydrogen-bond donors (Lipinski definition) is 1. The van der Waals surface area contributed by atoms with Gasteiger partial charge in [-0.05, 0) is 41.3 Å². The molecule has 0 aliphatic carbocycles. The monoisotopic (exact) mass is 473 g/mol. The highest BCUT2D eigenvalue weighted by Gasteiger charge is 2.35. The first kappa shape index (κ1) is 22.3. The van der Waals surface area contributed by atoms with Crippen LogP contribution in [0, 0.1) is 0 Å². The van der Waals surface area contributed by atoms with Gasteiger partial charge in [0.15, 0.2) is 11.2 Å². The molecule has 4 rings (SSSR count). The Morgan fingerprint density at radius 2 is 1.88 bits per heavy atom. The first-order valence-electron chi connectivity index (χ1n) is 10.2. The summed E-state index contributed by atoms with van der Waals surface area (Å²) in [6.45, 7) is 6.83. The molecule has 0 bridgehead atoms. The fraction of sp³-hybridized carbons (Fsp3) is 0.304. The number of ether oxygens (including phenoxy) is 1. The summed E-state index contributed by atoms with van der Waals surface area (Å²) in [7, 11) is -3.74. The van der Waals surface area contributed by atoms with E-state index >= 15 is 0 Å². The van der Waals surface area contributed by atoms with E-state index in [2.05, 4.69) is 30.5 Å². The quantitative estimate of drug-likeness (QED) is 0.562. The predicted octanol–water partition coefficient (Wildman–Crippen LogP) is 4.67. The van der Waals surface area contributed by atoms with Gasteiger partial charge in [-0.15, -0.1) is 11.3 Å². The van der Waals surface area contributed by atoms with Crippen LogP contribution in [-0.4, -0.2) is 32.0 Å². The van der Waals surface area contributed by atoms with Crippen molar-refractivity contribution in [2.24, 2.45) is 0 Å². The van der Waals surface area contributed by atoms with Crippen molar-refractivity contribution in [3.63, 3.8) is 0 Å². The average Bonchev–Trinajstić information content (AvgIpc) is 3.37. The standard InChI is InChI=1S/C23H25N3O4S2.H2/c1-23(2,3)18-6-4-5-7-19(18)30-20-12-14-26(21(20)27)16-8-10-17(11-9-16)32(28,29)25-22-24-13-15-31-22;/h4-11,13,15,20H,12,14H2,1-3H3,(H,24,25);1H. The van der Waals surface area contributed by atoms with Gasteiger partial charge in [0.25, 0.3) is 15.9 Å². The maximum absolute atomic E-state index is 13.0. The lowest BCUT2D eigenvalue weighted by Gasteiger charge is -2.24. The topological polar surface area (TPSA) is 88.6 Å². The molecule has 32 heavy (non-hydrogen) atoms. The van der Waals surface area contributed by atoms with E-state index in [1.54, 1.807) is 22.4 Å². The smallest absolute Gasteiger partial charge is 0.268 e. The lowest BCUT2D eigenvalue weighted by Crippen LogP contribution is -2.32. The van der Waals surface area contributed by atoms with E-state index in [-0.39, 0.29) is 17.6 Å². The van der Waals surface area contributed by atoms with Crippen LogP contribution < -0.4 is 14.4 Å². The van der Waals surface area contributed by atoms with E-state index in [4.69, 9.17) is 4.74 Å². The number of benzene rings is 2. The molecule has 1 amide bonds. The van der Waals surface area contributed by atoms with Crippen LogP contribution in [0.15, 0.2) is 65.0 Å². The van der Waals surface area contributed by atoms with Crippen molar-refractivity contribution in [1.82, 2.24) is 4.98 Å². The Balaban J connectivity index is 0.00000306. The number of para-hydroxylation sites is 1. The molecule has 7 nitrogen and oxygen atoms in total. The highest BCUT2D eigenvalue weighted by Crippen LogP contribution is 2.33. The number of nitrogens with zero attached hydrogens (tertiary/aromatic N) is 2. The van der Waals surface area contributed by atoms with E-state index in [0.29, 0.717) is 23.8 Å². The summed E-state index contributed by atoms with van der Waals surface area (Å²) in [6, 6.07) is 14.0. The third kappa shape index (κ3) is 4.63. The summed E-state index contributed by atoms with van der Waals surface area (Å²) in [5.41, 5.74) is 1.58.